The Morgan fingerprint density at radius 1 is 1.41 bits per heavy atom. The summed E-state index contributed by atoms with van der Waals surface area (Å²) in [6.45, 7) is -0.428. The quantitative estimate of drug-likeness (QED) is 0.608. The molecule has 3 rings (SSSR count). The molecule has 0 bridgehead atoms. The Kier molecular flexibility index (Phi) is 3.35. The number of nitrogen functional groups attached to an aromatic ring is 1. The lowest BCUT2D eigenvalue weighted by Gasteiger charge is -2.15. The van der Waals surface area contributed by atoms with Crippen LogP contribution in [-0.2, 0) is 4.74 Å². The third kappa shape index (κ3) is 1.95. The Balaban J connectivity index is 2.13. The summed E-state index contributed by atoms with van der Waals surface area (Å²) in [7, 11) is 0. The van der Waals surface area contributed by atoms with Crippen LogP contribution in [0.4, 0.5) is 5.95 Å². The van der Waals surface area contributed by atoms with Crippen LogP contribution in [0.1, 0.15) is 11.9 Å². The van der Waals surface area contributed by atoms with Crippen molar-refractivity contribution in [3.05, 3.63) is 12.0 Å². The summed E-state index contributed by atoms with van der Waals surface area (Å²) in [6, 6.07) is 3.82. The number of aliphatic hydroxyl groups is 2. The first-order valence-corrected chi connectivity index (χ1v) is 6.34. The van der Waals surface area contributed by atoms with Crippen LogP contribution in [0, 0.1) is 28.6 Å². The van der Waals surface area contributed by atoms with Crippen molar-refractivity contribution in [1.82, 2.24) is 19.5 Å². The SMILES string of the molecule is N#Cc1nc(N)nc2c1ncn2[C@@H]1O[C@H](CO)[C@@H](O)[C@@H]1C#N. The van der Waals surface area contributed by atoms with Crippen LogP contribution in [-0.4, -0.2) is 48.5 Å². The first-order chi connectivity index (χ1) is 10.6. The van der Waals surface area contributed by atoms with E-state index >= 15 is 0 Å². The van der Waals surface area contributed by atoms with E-state index in [-0.39, 0.29) is 22.8 Å². The first kappa shape index (κ1) is 14.2. The molecule has 2 aromatic heterocycles. The first-order valence-electron chi connectivity index (χ1n) is 6.34. The fraction of sp³-hybridized carbons (Fsp3) is 0.417. The zero-order valence-corrected chi connectivity index (χ0v) is 11.2. The topological polar surface area (TPSA) is 167 Å². The standard InChI is InChI=1S/C12H11N7O3/c13-1-5-9(21)7(3-20)22-11(5)19-4-16-8-6(2-14)17-12(15)18-10(8)19/h4-5,7,9,11,20-21H,3H2,(H2,15,17,18)/t5-,7+,9-,11+/m0/s1. The minimum absolute atomic E-state index is 0.00649. The zero-order chi connectivity index (χ0) is 15.9. The second-order valence-corrected chi connectivity index (χ2v) is 4.76. The molecule has 4 atom stereocenters. The van der Waals surface area contributed by atoms with Gasteiger partial charge in [-0.15, -0.1) is 0 Å². The molecule has 4 N–H and O–H groups in total. The highest BCUT2D eigenvalue weighted by Crippen LogP contribution is 2.36. The molecule has 0 unspecified atom stereocenters. The molecule has 1 saturated heterocycles. The van der Waals surface area contributed by atoms with Gasteiger partial charge in [0.15, 0.2) is 17.6 Å². The Labute approximate surface area is 124 Å². The molecule has 0 aliphatic carbocycles. The van der Waals surface area contributed by atoms with Crippen molar-refractivity contribution in [2.24, 2.45) is 5.92 Å². The normalized spacial score (nSPS) is 27.6. The van der Waals surface area contributed by atoms with Crippen LogP contribution in [0.2, 0.25) is 0 Å². The molecular formula is C12H11N7O3. The number of anilines is 1. The highest BCUT2D eigenvalue weighted by molar-refractivity contribution is 5.77. The number of nitrogens with zero attached hydrogens (tertiary/aromatic N) is 6. The van der Waals surface area contributed by atoms with E-state index < -0.39 is 31.0 Å². The van der Waals surface area contributed by atoms with Gasteiger partial charge >= 0.3 is 0 Å². The molecular weight excluding hydrogens is 290 g/mol. The molecule has 1 aliphatic rings. The number of hydrogen-bond donors (Lipinski definition) is 3. The van der Waals surface area contributed by atoms with Crippen LogP contribution in [0.25, 0.3) is 11.2 Å². The predicted octanol–water partition coefficient (Wildman–Crippen LogP) is -1.33. The Morgan fingerprint density at radius 2 is 2.18 bits per heavy atom. The Hall–Kier alpha value is -2.79. The molecule has 0 radical (unpaired) electrons. The largest absolute Gasteiger partial charge is 0.394 e. The Bertz CT molecular complexity index is 805. The minimum atomic E-state index is -1.15. The molecule has 1 fully saturated rings. The smallest absolute Gasteiger partial charge is 0.223 e. The molecule has 3 heterocycles. The number of rotatable bonds is 2. The molecule has 1 aliphatic heterocycles. The second kappa shape index (κ2) is 5.20. The van der Waals surface area contributed by atoms with Gasteiger partial charge in [-0.05, 0) is 0 Å². The second-order valence-electron chi connectivity index (χ2n) is 4.76. The van der Waals surface area contributed by atoms with Crippen LogP contribution in [0.5, 0.6) is 0 Å². The molecule has 10 nitrogen and oxygen atoms in total. The van der Waals surface area contributed by atoms with Gasteiger partial charge in [0.25, 0.3) is 0 Å². The fourth-order valence-electron chi connectivity index (χ4n) is 2.47. The number of ether oxygens (including phenoxy) is 1. The number of aromatic nitrogens is 4. The maximum Gasteiger partial charge on any atom is 0.223 e. The van der Waals surface area contributed by atoms with Gasteiger partial charge in [0.05, 0.1) is 19.0 Å². The summed E-state index contributed by atoms with van der Waals surface area (Å²) >= 11 is 0. The summed E-state index contributed by atoms with van der Waals surface area (Å²) < 4.78 is 6.91. The van der Waals surface area contributed by atoms with Crippen LogP contribution in [0.15, 0.2) is 6.33 Å². The van der Waals surface area contributed by atoms with Crippen molar-refractivity contribution < 1.29 is 14.9 Å². The van der Waals surface area contributed by atoms with Gasteiger partial charge < -0.3 is 20.7 Å². The van der Waals surface area contributed by atoms with Crippen molar-refractivity contribution in [2.45, 2.75) is 18.4 Å². The van der Waals surface area contributed by atoms with Crippen molar-refractivity contribution in [1.29, 1.82) is 10.5 Å². The molecule has 112 valence electrons. The molecule has 22 heavy (non-hydrogen) atoms. The van der Waals surface area contributed by atoms with E-state index in [4.69, 9.17) is 15.7 Å². The van der Waals surface area contributed by atoms with Crippen LogP contribution >= 0.6 is 0 Å². The molecule has 0 aromatic carbocycles. The molecule has 10 heteroatoms. The lowest BCUT2D eigenvalue weighted by atomic mass is 10.0. The van der Waals surface area contributed by atoms with Gasteiger partial charge in [0, 0.05) is 0 Å². The van der Waals surface area contributed by atoms with Gasteiger partial charge in [-0.25, -0.2) is 4.98 Å². The Morgan fingerprint density at radius 3 is 2.82 bits per heavy atom. The highest BCUT2D eigenvalue weighted by Gasteiger charge is 2.45. The summed E-state index contributed by atoms with van der Waals surface area (Å²) in [4.78, 5) is 11.8. The van der Waals surface area contributed by atoms with Crippen molar-refractivity contribution in [3.8, 4) is 12.1 Å². The summed E-state index contributed by atoms with van der Waals surface area (Å²) in [5, 5.41) is 37.5. The highest BCUT2D eigenvalue weighted by atomic mass is 16.5. The van der Waals surface area contributed by atoms with Gasteiger partial charge in [-0.2, -0.15) is 20.5 Å². The number of hydrogen-bond acceptors (Lipinski definition) is 9. The van der Waals surface area contributed by atoms with E-state index in [9.17, 15) is 15.5 Å². The maximum absolute atomic E-state index is 9.99. The minimum Gasteiger partial charge on any atom is -0.394 e. The molecule has 0 amide bonds. The molecule has 0 saturated carbocycles. The predicted molar refractivity (Wildman–Crippen MR) is 70.6 cm³/mol. The fourth-order valence-corrected chi connectivity index (χ4v) is 2.47. The lowest BCUT2D eigenvalue weighted by molar-refractivity contribution is -0.0441. The summed E-state index contributed by atoms with van der Waals surface area (Å²) in [5.41, 5.74) is 6.02. The lowest BCUT2D eigenvalue weighted by Crippen LogP contribution is -2.28. The van der Waals surface area contributed by atoms with Crippen LogP contribution in [0.3, 0.4) is 0 Å². The van der Waals surface area contributed by atoms with Gasteiger partial charge in [-0.3, -0.25) is 4.57 Å². The van der Waals surface area contributed by atoms with Gasteiger partial charge in [0.1, 0.15) is 29.7 Å². The third-order valence-electron chi connectivity index (χ3n) is 3.52. The molecule has 0 spiro atoms. The number of nitriles is 2. The number of nitrogens with two attached hydrogens (primary N) is 1. The van der Waals surface area contributed by atoms with E-state index in [1.165, 1.54) is 10.9 Å². The van der Waals surface area contributed by atoms with E-state index in [0.29, 0.717) is 0 Å². The summed E-state index contributed by atoms with van der Waals surface area (Å²) in [6.07, 6.45) is -1.60. The number of aliphatic hydroxyl groups excluding tert-OH is 2. The monoisotopic (exact) mass is 301 g/mol. The van der Waals surface area contributed by atoms with E-state index in [2.05, 4.69) is 15.0 Å². The average Bonchev–Trinajstić information content (AvgIpc) is 3.06. The van der Waals surface area contributed by atoms with E-state index in [0.717, 1.165) is 0 Å². The zero-order valence-electron chi connectivity index (χ0n) is 11.2. The third-order valence-corrected chi connectivity index (χ3v) is 3.52. The van der Waals surface area contributed by atoms with Gasteiger partial charge in [-0.1, -0.05) is 0 Å². The summed E-state index contributed by atoms with van der Waals surface area (Å²) in [5.74, 6) is -1.03. The average molecular weight is 301 g/mol. The van der Waals surface area contributed by atoms with Crippen molar-refractivity contribution >= 4 is 17.1 Å². The number of imidazole rings is 1. The van der Waals surface area contributed by atoms with E-state index in [1.54, 1.807) is 0 Å². The van der Waals surface area contributed by atoms with Crippen LogP contribution < -0.4 is 5.73 Å². The van der Waals surface area contributed by atoms with Crippen molar-refractivity contribution in [2.75, 3.05) is 12.3 Å². The van der Waals surface area contributed by atoms with Gasteiger partial charge in [0.2, 0.25) is 5.95 Å². The molecule has 2 aromatic rings. The van der Waals surface area contributed by atoms with E-state index in [1.807, 2.05) is 12.1 Å². The number of fused-ring (bicyclic) bond motifs is 1. The maximum atomic E-state index is 9.99. The van der Waals surface area contributed by atoms with Crippen molar-refractivity contribution in [3.63, 3.8) is 0 Å².